The van der Waals surface area contributed by atoms with Gasteiger partial charge in [0.15, 0.2) is 0 Å². The van der Waals surface area contributed by atoms with Gasteiger partial charge < -0.3 is 16.2 Å². The molecule has 0 heterocycles. The van der Waals surface area contributed by atoms with Gasteiger partial charge in [0.05, 0.1) is 17.6 Å². The Labute approximate surface area is 152 Å². The first-order valence-electron chi connectivity index (χ1n) is 7.10. The lowest BCUT2D eigenvalue weighted by molar-refractivity contribution is -0.131. The molecular formula is C17H15BrN4O3. The molecule has 5 N–H and O–H groups in total. The van der Waals surface area contributed by atoms with Crippen molar-refractivity contribution >= 4 is 45.4 Å². The number of rotatable bonds is 6. The van der Waals surface area contributed by atoms with Gasteiger partial charge in [-0.05, 0) is 48.5 Å². The number of carboxylic acids is 1. The molecular weight excluding hydrogens is 388 g/mol. The molecule has 7 nitrogen and oxygen atoms in total. The van der Waals surface area contributed by atoms with E-state index >= 15 is 0 Å². The number of benzene rings is 2. The van der Waals surface area contributed by atoms with Gasteiger partial charge in [0.25, 0.3) is 5.91 Å². The second-order valence-electron chi connectivity index (χ2n) is 4.89. The van der Waals surface area contributed by atoms with Crippen LogP contribution in [0.3, 0.4) is 0 Å². The number of nitrogens with two attached hydrogens (primary N) is 1. The van der Waals surface area contributed by atoms with E-state index in [-0.39, 0.29) is 5.70 Å². The van der Waals surface area contributed by atoms with Crippen LogP contribution in [0.2, 0.25) is 0 Å². The smallest absolute Gasteiger partial charge is 0.330 e. The molecule has 0 fully saturated rings. The molecule has 0 spiro atoms. The third-order valence-corrected chi connectivity index (χ3v) is 3.48. The van der Waals surface area contributed by atoms with Crippen LogP contribution in [0.1, 0.15) is 10.4 Å². The molecule has 25 heavy (non-hydrogen) atoms. The first kappa shape index (κ1) is 18.2. The van der Waals surface area contributed by atoms with E-state index in [4.69, 9.17) is 10.8 Å². The lowest BCUT2D eigenvalue weighted by Gasteiger charge is -2.06. The molecule has 1 amide bonds. The fourth-order valence-corrected chi connectivity index (χ4v) is 2.04. The van der Waals surface area contributed by atoms with Gasteiger partial charge in [-0.1, -0.05) is 15.9 Å². The summed E-state index contributed by atoms with van der Waals surface area (Å²) in [4.78, 5) is 23.1. The van der Waals surface area contributed by atoms with Crippen molar-refractivity contribution in [2.45, 2.75) is 0 Å². The van der Waals surface area contributed by atoms with Gasteiger partial charge in [0.1, 0.15) is 0 Å². The Balaban J connectivity index is 2.06. The van der Waals surface area contributed by atoms with E-state index in [2.05, 4.69) is 31.8 Å². The first-order valence-corrected chi connectivity index (χ1v) is 7.89. The van der Waals surface area contributed by atoms with E-state index < -0.39 is 11.9 Å². The summed E-state index contributed by atoms with van der Waals surface area (Å²) in [6.07, 6.45) is 2.06. The Morgan fingerprint density at radius 1 is 1.08 bits per heavy atom. The van der Waals surface area contributed by atoms with Crippen LogP contribution in [0.5, 0.6) is 0 Å². The van der Waals surface area contributed by atoms with Crippen molar-refractivity contribution in [1.82, 2.24) is 5.32 Å². The number of anilines is 2. The minimum atomic E-state index is -1.20. The Kier molecular flexibility index (Phi) is 6.30. The summed E-state index contributed by atoms with van der Waals surface area (Å²) in [7, 11) is 0. The molecule has 0 aliphatic heterocycles. The van der Waals surface area contributed by atoms with Gasteiger partial charge in [-0.2, -0.15) is 5.10 Å². The number of hydrazone groups is 1. The summed E-state index contributed by atoms with van der Waals surface area (Å²) in [5.41, 5.74) is 10.0. The SMILES string of the molecule is Nc1ccc(N/N=C\C(=C\C(=O)O)NC(=O)c2ccc(Br)cc2)cc1. The zero-order valence-electron chi connectivity index (χ0n) is 12.9. The highest BCUT2D eigenvalue weighted by Gasteiger charge is 2.08. The third kappa shape index (κ3) is 6.11. The quantitative estimate of drug-likeness (QED) is 0.256. The molecule has 0 radical (unpaired) electrons. The maximum Gasteiger partial charge on any atom is 0.330 e. The van der Waals surface area contributed by atoms with E-state index in [1.54, 1.807) is 48.5 Å². The number of aliphatic carboxylic acids is 1. The normalized spacial score (nSPS) is 11.3. The second kappa shape index (κ2) is 8.65. The topological polar surface area (TPSA) is 117 Å². The van der Waals surface area contributed by atoms with Crippen molar-refractivity contribution in [3.63, 3.8) is 0 Å². The minimum Gasteiger partial charge on any atom is -0.478 e. The first-order chi connectivity index (χ1) is 11.9. The molecule has 0 bridgehead atoms. The maximum atomic E-state index is 12.2. The minimum absolute atomic E-state index is 0.0309. The molecule has 2 rings (SSSR count). The highest BCUT2D eigenvalue weighted by molar-refractivity contribution is 9.10. The maximum absolute atomic E-state index is 12.2. The van der Waals surface area contributed by atoms with Crippen molar-refractivity contribution in [2.24, 2.45) is 5.10 Å². The molecule has 0 unspecified atom stereocenters. The van der Waals surface area contributed by atoms with Crippen molar-refractivity contribution in [1.29, 1.82) is 0 Å². The van der Waals surface area contributed by atoms with E-state index in [1.807, 2.05) is 0 Å². The van der Waals surface area contributed by atoms with Crippen molar-refractivity contribution in [2.75, 3.05) is 11.2 Å². The predicted octanol–water partition coefficient (Wildman–Crippen LogP) is 2.83. The number of hydrogen-bond acceptors (Lipinski definition) is 5. The summed E-state index contributed by atoms with van der Waals surface area (Å²) in [5.74, 6) is -1.65. The van der Waals surface area contributed by atoms with E-state index in [9.17, 15) is 9.59 Å². The summed E-state index contributed by atoms with van der Waals surface area (Å²) in [6.45, 7) is 0. The monoisotopic (exact) mass is 402 g/mol. The average Bonchev–Trinajstić information content (AvgIpc) is 2.56. The molecule has 0 aliphatic rings. The molecule has 2 aromatic rings. The summed E-state index contributed by atoms with van der Waals surface area (Å²) in [5, 5.41) is 15.3. The van der Waals surface area contributed by atoms with Crippen molar-refractivity contribution < 1.29 is 14.7 Å². The van der Waals surface area contributed by atoms with Crippen molar-refractivity contribution in [3.8, 4) is 0 Å². The van der Waals surface area contributed by atoms with Gasteiger partial charge in [-0.3, -0.25) is 10.2 Å². The zero-order chi connectivity index (χ0) is 18.2. The Bertz CT molecular complexity index is 815. The zero-order valence-corrected chi connectivity index (χ0v) is 14.5. The molecule has 128 valence electrons. The summed E-state index contributed by atoms with van der Waals surface area (Å²) < 4.78 is 0.833. The lowest BCUT2D eigenvalue weighted by atomic mass is 10.2. The number of carboxylic acid groups (broad SMARTS) is 1. The standard InChI is InChI=1S/C17H15BrN4O3/c18-12-3-1-11(2-4-12)17(25)21-15(9-16(23)24)10-20-22-14-7-5-13(19)6-8-14/h1-10,22H,19H2,(H,21,25)(H,23,24)/b15-9-,20-10-. The molecule has 0 aromatic heterocycles. The number of nitrogens with one attached hydrogen (secondary N) is 2. The average molecular weight is 403 g/mol. The van der Waals surface area contributed by atoms with Crippen LogP contribution in [0.4, 0.5) is 11.4 Å². The van der Waals surface area contributed by atoms with Gasteiger partial charge in [-0.25, -0.2) is 4.79 Å². The fraction of sp³-hybridized carbons (Fsp3) is 0. The van der Waals surface area contributed by atoms with Gasteiger partial charge in [0, 0.05) is 21.8 Å². The molecule has 2 aromatic carbocycles. The number of amides is 1. The number of carbonyl (C=O) groups is 2. The number of nitrogen functional groups attached to an aromatic ring is 1. The molecule has 8 heteroatoms. The number of nitrogens with zero attached hydrogens (tertiary/aromatic N) is 1. The molecule has 0 saturated heterocycles. The van der Waals surface area contributed by atoms with Crippen LogP contribution in [-0.4, -0.2) is 23.2 Å². The van der Waals surface area contributed by atoms with Crippen LogP contribution in [0.25, 0.3) is 0 Å². The second-order valence-corrected chi connectivity index (χ2v) is 5.81. The largest absolute Gasteiger partial charge is 0.478 e. The Hall–Kier alpha value is -3.13. The van der Waals surface area contributed by atoms with Crippen molar-refractivity contribution in [3.05, 3.63) is 70.3 Å². The number of carbonyl (C=O) groups excluding carboxylic acids is 1. The van der Waals surface area contributed by atoms with E-state index in [0.717, 1.165) is 10.5 Å². The fourth-order valence-electron chi connectivity index (χ4n) is 1.78. The van der Waals surface area contributed by atoms with Crippen LogP contribution in [0, 0.1) is 0 Å². The summed E-state index contributed by atoms with van der Waals surface area (Å²) >= 11 is 3.28. The molecule has 0 atom stereocenters. The molecule has 0 aliphatic carbocycles. The predicted molar refractivity (Wildman–Crippen MR) is 100 cm³/mol. The molecule has 0 saturated carbocycles. The number of halogens is 1. The lowest BCUT2D eigenvalue weighted by Crippen LogP contribution is -2.24. The van der Waals surface area contributed by atoms with Crippen LogP contribution >= 0.6 is 15.9 Å². The van der Waals surface area contributed by atoms with Crippen LogP contribution in [0.15, 0.2) is 69.9 Å². The van der Waals surface area contributed by atoms with Gasteiger partial charge >= 0.3 is 5.97 Å². The Morgan fingerprint density at radius 2 is 1.72 bits per heavy atom. The third-order valence-electron chi connectivity index (χ3n) is 2.95. The highest BCUT2D eigenvalue weighted by Crippen LogP contribution is 2.11. The number of allylic oxidation sites excluding steroid dienone is 1. The highest BCUT2D eigenvalue weighted by atomic mass is 79.9. The Morgan fingerprint density at radius 3 is 2.32 bits per heavy atom. The van der Waals surface area contributed by atoms with Crippen LogP contribution < -0.4 is 16.5 Å². The van der Waals surface area contributed by atoms with E-state index in [0.29, 0.717) is 16.9 Å². The van der Waals surface area contributed by atoms with Gasteiger partial charge in [-0.15, -0.1) is 0 Å². The van der Waals surface area contributed by atoms with Gasteiger partial charge in [0.2, 0.25) is 0 Å². The number of hydrogen-bond donors (Lipinski definition) is 4. The van der Waals surface area contributed by atoms with Crippen LogP contribution in [-0.2, 0) is 4.79 Å². The summed E-state index contributed by atoms with van der Waals surface area (Å²) in [6, 6.07) is 13.5. The van der Waals surface area contributed by atoms with E-state index in [1.165, 1.54) is 6.21 Å².